The summed E-state index contributed by atoms with van der Waals surface area (Å²) in [4.78, 5) is 22.3. The highest BCUT2D eigenvalue weighted by atomic mass is 79.9. The summed E-state index contributed by atoms with van der Waals surface area (Å²) in [6, 6.07) is 12.7. The topological polar surface area (TPSA) is 58.2 Å². The molecule has 33 heavy (non-hydrogen) atoms. The molecule has 0 saturated carbocycles. The number of pyridine rings is 1. The lowest BCUT2D eigenvalue weighted by Crippen LogP contribution is -2.46. The first-order valence-electron chi connectivity index (χ1n) is 11.2. The normalized spacial score (nSPS) is 18.9. The van der Waals surface area contributed by atoms with Crippen molar-refractivity contribution in [3.8, 4) is 22.4 Å². The second-order valence-corrected chi connectivity index (χ2v) is 10.4. The molecule has 0 radical (unpaired) electrons. The first kappa shape index (κ1) is 23.5. The number of nitrogens with one attached hydrogen (secondary N) is 1. The van der Waals surface area contributed by atoms with Crippen LogP contribution in [0.25, 0.3) is 22.4 Å². The van der Waals surface area contributed by atoms with Crippen LogP contribution >= 0.6 is 15.9 Å². The third-order valence-electron chi connectivity index (χ3n) is 5.95. The molecular weight excluding hydrogens is 485 g/mol. The number of aromatic nitrogens is 2. The summed E-state index contributed by atoms with van der Waals surface area (Å²) in [5.41, 5.74) is 4.55. The fraction of sp³-hybridized carbons (Fsp3) is 0.385. The zero-order valence-electron chi connectivity index (χ0n) is 19.4. The third-order valence-corrected chi connectivity index (χ3v) is 6.39. The number of carbonyl (C=O) groups excluding carboxylic acids is 1. The fourth-order valence-electron chi connectivity index (χ4n) is 4.38. The number of hydrogen-bond donors (Lipinski definition) is 1. The van der Waals surface area contributed by atoms with Gasteiger partial charge in [0.05, 0.1) is 5.69 Å². The summed E-state index contributed by atoms with van der Waals surface area (Å²) in [5.74, 6) is 0.0130. The van der Waals surface area contributed by atoms with E-state index in [-0.39, 0.29) is 23.9 Å². The van der Waals surface area contributed by atoms with E-state index in [2.05, 4.69) is 38.9 Å². The Morgan fingerprint density at radius 1 is 1.18 bits per heavy atom. The van der Waals surface area contributed by atoms with Gasteiger partial charge in [-0.25, -0.2) is 14.2 Å². The minimum absolute atomic E-state index is 0.0645. The van der Waals surface area contributed by atoms with E-state index in [1.54, 1.807) is 18.3 Å². The van der Waals surface area contributed by atoms with Gasteiger partial charge in [-0.05, 0) is 110 Å². The van der Waals surface area contributed by atoms with Crippen LogP contribution in [0.4, 0.5) is 9.18 Å². The number of piperidine rings is 1. The minimum Gasteiger partial charge on any atom is -0.444 e. The molecule has 1 aromatic carbocycles. The number of halogens is 2. The van der Waals surface area contributed by atoms with Crippen LogP contribution in [0.2, 0.25) is 0 Å². The lowest BCUT2D eigenvalue weighted by molar-refractivity contribution is 0.0102. The first-order valence-corrected chi connectivity index (χ1v) is 12.0. The molecule has 1 fully saturated rings. The van der Waals surface area contributed by atoms with E-state index in [0.717, 1.165) is 45.5 Å². The van der Waals surface area contributed by atoms with Crippen molar-refractivity contribution in [1.82, 2.24) is 14.9 Å². The Hall–Kier alpha value is -2.67. The number of carbonyl (C=O) groups is 1. The van der Waals surface area contributed by atoms with E-state index in [4.69, 9.17) is 4.74 Å². The SMILES string of the molecule is CC1CC(c2cc(-c3ccnc(Br)c3)c(-c3ccc(F)cc3)[nH]2)CCN1C(=O)OC(C)(C)C. The van der Waals surface area contributed by atoms with E-state index in [1.807, 2.05) is 37.8 Å². The van der Waals surface area contributed by atoms with Gasteiger partial charge in [0.15, 0.2) is 0 Å². The summed E-state index contributed by atoms with van der Waals surface area (Å²) in [5, 5.41) is 0. The predicted octanol–water partition coefficient (Wildman–Crippen LogP) is 7.15. The second kappa shape index (κ2) is 9.29. The van der Waals surface area contributed by atoms with Gasteiger partial charge in [0, 0.05) is 36.0 Å². The number of amides is 1. The highest BCUT2D eigenvalue weighted by molar-refractivity contribution is 9.10. The number of H-pyrrole nitrogens is 1. The van der Waals surface area contributed by atoms with Crippen molar-refractivity contribution < 1.29 is 13.9 Å². The number of benzene rings is 1. The number of nitrogens with zero attached hydrogens (tertiary/aromatic N) is 2. The number of hydrogen-bond acceptors (Lipinski definition) is 3. The van der Waals surface area contributed by atoms with E-state index < -0.39 is 5.60 Å². The van der Waals surface area contributed by atoms with Gasteiger partial charge in [-0.2, -0.15) is 0 Å². The van der Waals surface area contributed by atoms with Crippen molar-refractivity contribution in [3.05, 3.63) is 64.8 Å². The summed E-state index contributed by atoms with van der Waals surface area (Å²) < 4.78 is 19.9. The van der Waals surface area contributed by atoms with Crippen LogP contribution in [0.15, 0.2) is 53.3 Å². The molecule has 0 aliphatic carbocycles. The Morgan fingerprint density at radius 3 is 2.55 bits per heavy atom. The molecule has 1 aliphatic rings. The molecule has 3 aromatic rings. The predicted molar refractivity (Wildman–Crippen MR) is 131 cm³/mol. The number of rotatable bonds is 3. The van der Waals surface area contributed by atoms with Crippen LogP contribution in [0.1, 0.15) is 52.1 Å². The molecule has 2 aromatic heterocycles. The first-order chi connectivity index (χ1) is 15.6. The van der Waals surface area contributed by atoms with Crippen LogP contribution < -0.4 is 0 Å². The number of ether oxygens (including phenoxy) is 1. The molecule has 1 aliphatic heterocycles. The van der Waals surface area contributed by atoms with Crippen molar-refractivity contribution in [3.63, 3.8) is 0 Å². The Morgan fingerprint density at radius 2 is 1.91 bits per heavy atom. The van der Waals surface area contributed by atoms with Crippen LogP contribution in [0, 0.1) is 5.82 Å². The third kappa shape index (κ3) is 5.46. The van der Waals surface area contributed by atoms with Gasteiger partial charge in [0.25, 0.3) is 0 Å². The van der Waals surface area contributed by atoms with Crippen LogP contribution in [0.5, 0.6) is 0 Å². The maximum atomic E-state index is 13.6. The zero-order chi connectivity index (χ0) is 23.8. The van der Waals surface area contributed by atoms with E-state index in [1.165, 1.54) is 12.1 Å². The lowest BCUT2D eigenvalue weighted by atomic mass is 9.89. The Kier molecular flexibility index (Phi) is 6.61. The maximum absolute atomic E-state index is 13.6. The van der Waals surface area contributed by atoms with Crippen molar-refractivity contribution in [2.45, 2.75) is 58.1 Å². The van der Waals surface area contributed by atoms with Crippen molar-refractivity contribution in [1.29, 1.82) is 0 Å². The van der Waals surface area contributed by atoms with Crippen LogP contribution in [-0.2, 0) is 4.74 Å². The van der Waals surface area contributed by atoms with Gasteiger partial charge >= 0.3 is 6.09 Å². The van der Waals surface area contributed by atoms with Crippen molar-refractivity contribution in [2.75, 3.05) is 6.54 Å². The molecule has 5 nitrogen and oxygen atoms in total. The van der Waals surface area contributed by atoms with Gasteiger partial charge in [0.2, 0.25) is 0 Å². The molecule has 2 unspecified atom stereocenters. The van der Waals surface area contributed by atoms with Crippen molar-refractivity contribution >= 4 is 22.0 Å². The average molecular weight is 514 g/mol. The molecular formula is C26H29BrFN3O2. The highest BCUT2D eigenvalue weighted by Gasteiger charge is 2.33. The Balaban J connectivity index is 1.63. The van der Waals surface area contributed by atoms with E-state index in [9.17, 15) is 9.18 Å². The smallest absolute Gasteiger partial charge is 0.410 e. The molecule has 0 spiro atoms. The van der Waals surface area contributed by atoms with Gasteiger partial charge in [-0.1, -0.05) is 0 Å². The fourth-order valence-corrected chi connectivity index (χ4v) is 4.75. The van der Waals surface area contributed by atoms with Crippen LogP contribution in [-0.4, -0.2) is 39.1 Å². The summed E-state index contributed by atoms with van der Waals surface area (Å²) in [6.45, 7) is 8.37. The molecule has 4 rings (SSSR count). The Bertz CT molecular complexity index is 1140. The maximum Gasteiger partial charge on any atom is 0.410 e. The van der Waals surface area contributed by atoms with Gasteiger partial charge in [-0.3, -0.25) is 0 Å². The molecule has 1 amide bonds. The molecule has 174 valence electrons. The van der Waals surface area contributed by atoms with E-state index >= 15 is 0 Å². The molecule has 2 atom stereocenters. The molecule has 1 N–H and O–H groups in total. The van der Waals surface area contributed by atoms with Crippen molar-refractivity contribution in [2.24, 2.45) is 0 Å². The van der Waals surface area contributed by atoms with Crippen LogP contribution in [0.3, 0.4) is 0 Å². The summed E-state index contributed by atoms with van der Waals surface area (Å²) in [7, 11) is 0. The van der Waals surface area contributed by atoms with Gasteiger partial charge in [-0.15, -0.1) is 0 Å². The lowest BCUT2D eigenvalue weighted by Gasteiger charge is -2.38. The standard InChI is InChI=1S/C26H29BrFN3O2/c1-16-13-19(10-12-31(16)25(32)33-26(2,3)4)22-15-21(18-9-11-29-23(27)14-18)24(30-22)17-5-7-20(28)8-6-17/h5-9,11,14-16,19,30H,10,12-13H2,1-4H3. The Labute approximate surface area is 202 Å². The monoisotopic (exact) mass is 513 g/mol. The number of aromatic amines is 1. The van der Waals surface area contributed by atoms with Gasteiger partial charge in [0.1, 0.15) is 16.0 Å². The molecule has 7 heteroatoms. The van der Waals surface area contributed by atoms with Gasteiger partial charge < -0.3 is 14.6 Å². The number of likely N-dealkylation sites (tertiary alicyclic amines) is 1. The quantitative estimate of drug-likeness (QED) is 0.378. The minimum atomic E-state index is -0.509. The zero-order valence-corrected chi connectivity index (χ0v) is 20.9. The molecule has 0 bridgehead atoms. The largest absolute Gasteiger partial charge is 0.444 e. The molecule has 1 saturated heterocycles. The summed E-state index contributed by atoms with van der Waals surface area (Å²) in [6.07, 6.45) is 3.19. The average Bonchev–Trinajstić information content (AvgIpc) is 3.18. The van der Waals surface area contributed by atoms with E-state index in [0.29, 0.717) is 6.54 Å². The summed E-state index contributed by atoms with van der Waals surface area (Å²) >= 11 is 3.46. The second-order valence-electron chi connectivity index (χ2n) is 9.63. The molecule has 3 heterocycles. The highest BCUT2D eigenvalue weighted by Crippen LogP contribution is 2.39.